The van der Waals surface area contributed by atoms with Crippen molar-refractivity contribution in [2.24, 2.45) is 5.92 Å². The predicted octanol–water partition coefficient (Wildman–Crippen LogP) is 0.975. The smallest absolute Gasteiger partial charge is 0.201 e. The van der Waals surface area contributed by atoms with Crippen LogP contribution in [0, 0.1) is 5.92 Å². The number of Topliss-reactive ketones (excluding diaryl/α,β-unsaturated/α-hetero) is 1. The fraction of sp³-hybridized carbons (Fsp3) is 0.900. The maximum absolute atomic E-state index is 11.7. The van der Waals surface area contributed by atoms with E-state index in [1.54, 1.807) is 13.8 Å². The average Bonchev–Trinajstić information content (AvgIpc) is 2.90. The number of carbonyl (C=O) groups excluding carboxylic acids is 1. The molecule has 0 aromatic heterocycles. The van der Waals surface area contributed by atoms with Crippen LogP contribution in [0.1, 0.15) is 26.7 Å². The summed E-state index contributed by atoms with van der Waals surface area (Å²) in [5.41, 5.74) is -0.583. The Bertz CT molecular complexity index is 286. The minimum absolute atomic E-state index is 0.0478. The van der Waals surface area contributed by atoms with Gasteiger partial charge >= 0.3 is 0 Å². The number of ketones is 1. The lowest BCUT2D eigenvalue weighted by Gasteiger charge is -2.34. The SMILES string of the molecule is COC(C)(OO)[C@@H]1CC(=O)C2(C)OC2C1. The van der Waals surface area contributed by atoms with Crippen molar-refractivity contribution in [3.8, 4) is 0 Å². The van der Waals surface area contributed by atoms with Gasteiger partial charge in [-0.25, -0.2) is 10.1 Å². The van der Waals surface area contributed by atoms with E-state index in [-0.39, 0.29) is 17.8 Å². The van der Waals surface area contributed by atoms with E-state index in [1.165, 1.54) is 7.11 Å². The Kier molecular flexibility index (Phi) is 2.38. The van der Waals surface area contributed by atoms with E-state index in [2.05, 4.69) is 4.89 Å². The molecule has 15 heavy (non-hydrogen) atoms. The number of ether oxygens (including phenoxy) is 2. The molecule has 1 heterocycles. The van der Waals surface area contributed by atoms with Crippen LogP contribution >= 0.6 is 0 Å². The molecule has 2 rings (SSSR count). The normalized spacial score (nSPS) is 43.3. The number of fused-ring (bicyclic) bond motifs is 1. The first-order valence-electron chi connectivity index (χ1n) is 5.05. The lowest BCUT2D eigenvalue weighted by atomic mass is 9.78. The molecule has 0 amide bonds. The molecule has 4 atom stereocenters. The van der Waals surface area contributed by atoms with Crippen LogP contribution in [-0.4, -0.2) is 35.6 Å². The minimum atomic E-state index is -1.12. The zero-order valence-electron chi connectivity index (χ0n) is 9.15. The number of rotatable bonds is 3. The second kappa shape index (κ2) is 3.25. The van der Waals surface area contributed by atoms with Gasteiger partial charge in [0, 0.05) is 19.4 Å². The van der Waals surface area contributed by atoms with Crippen LogP contribution in [0.5, 0.6) is 0 Å². The molecule has 1 N–H and O–H groups in total. The standard InChI is InChI=1S/C10H16O5/c1-9-7(11)4-6(5-8(9)14-9)10(2,13-3)15-12/h6,8,12H,4-5H2,1-3H3/t6-,8?,9?,10?/m1/s1. The lowest BCUT2D eigenvalue weighted by molar-refractivity contribution is -0.409. The molecule has 1 saturated carbocycles. The lowest BCUT2D eigenvalue weighted by Crippen LogP contribution is -2.45. The summed E-state index contributed by atoms with van der Waals surface area (Å²) >= 11 is 0. The Labute approximate surface area is 88.2 Å². The molecule has 3 unspecified atom stereocenters. The van der Waals surface area contributed by atoms with Crippen LogP contribution in [0.25, 0.3) is 0 Å². The van der Waals surface area contributed by atoms with Gasteiger partial charge in [-0.3, -0.25) is 4.79 Å². The van der Waals surface area contributed by atoms with Gasteiger partial charge < -0.3 is 9.47 Å². The second-order valence-corrected chi connectivity index (χ2v) is 4.58. The topological polar surface area (TPSA) is 68.3 Å². The van der Waals surface area contributed by atoms with Crippen LogP contribution < -0.4 is 0 Å². The van der Waals surface area contributed by atoms with Crippen LogP contribution in [0.4, 0.5) is 0 Å². The van der Waals surface area contributed by atoms with E-state index >= 15 is 0 Å². The van der Waals surface area contributed by atoms with E-state index in [9.17, 15) is 4.79 Å². The maximum Gasteiger partial charge on any atom is 0.201 e. The van der Waals surface area contributed by atoms with Crippen molar-refractivity contribution in [1.29, 1.82) is 0 Å². The van der Waals surface area contributed by atoms with Crippen molar-refractivity contribution in [2.45, 2.75) is 44.2 Å². The van der Waals surface area contributed by atoms with Crippen molar-refractivity contribution in [2.75, 3.05) is 7.11 Å². The largest absolute Gasteiger partial charge is 0.358 e. The molecule has 0 spiro atoms. The van der Waals surface area contributed by atoms with Gasteiger partial charge in [-0.1, -0.05) is 0 Å². The fourth-order valence-corrected chi connectivity index (χ4v) is 2.23. The van der Waals surface area contributed by atoms with Gasteiger partial charge in [-0.15, -0.1) is 0 Å². The van der Waals surface area contributed by atoms with Gasteiger partial charge in [0.1, 0.15) is 5.60 Å². The third-order valence-electron chi connectivity index (χ3n) is 3.76. The molecule has 0 bridgehead atoms. The zero-order chi connectivity index (χ0) is 11.3. The number of carbonyl (C=O) groups is 1. The first-order chi connectivity index (χ1) is 6.96. The number of epoxide rings is 1. The maximum atomic E-state index is 11.7. The summed E-state index contributed by atoms with van der Waals surface area (Å²) < 4.78 is 10.4. The summed E-state index contributed by atoms with van der Waals surface area (Å²) in [6.07, 6.45) is 0.943. The van der Waals surface area contributed by atoms with Gasteiger partial charge in [0.2, 0.25) is 5.79 Å². The van der Waals surface area contributed by atoms with Crippen LogP contribution in [0.3, 0.4) is 0 Å². The fourth-order valence-electron chi connectivity index (χ4n) is 2.23. The Morgan fingerprint density at radius 1 is 1.67 bits per heavy atom. The molecular formula is C10H16O5. The summed E-state index contributed by atoms with van der Waals surface area (Å²) in [5, 5.41) is 8.81. The molecule has 1 aliphatic carbocycles. The molecule has 0 aromatic carbocycles. The third-order valence-corrected chi connectivity index (χ3v) is 3.76. The molecule has 5 heteroatoms. The second-order valence-electron chi connectivity index (χ2n) is 4.58. The van der Waals surface area contributed by atoms with E-state index in [4.69, 9.17) is 14.7 Å². The molecule has 1 saturated heterocycles. The molecular weight excluding hydrogens is 200 g/mol. The summed E-state index contributed by atoms with van der Waals surface area (Å²) in [4.78, 5) is 16.1. The van der Waals surface area contributed by atoms with E-state index < -0.39 is 11.4 Å². The predicted molar refractivity (Wildman–Crippen MR) is 50.1 cm³/mol. The van der Waals surface area contributed by atoms with E-state index in [1.807, 2.05) is 0 Å². The number of methoxy groups -OCH3 is 1. The molecule has 86 valence electrons. The Morgan fingerprint density at radius 2 is 2.33 bits per heavy atom. The van der Waals surface area contributed by atoms with Crippen molar-refractivity contribution in [3.63, 3.8) is 0 Å². The highest BCUT2D eigenvalue weighted by molar-refractivity contribution is 5.91. The molecule has 0 radical (unpaired) electrons. The van der Waals surface area contributed by atoms with Crippen LogP contribution in [0.15, 0.2) is 0 Å². The average molecular weight is 216 g/mol. The number of hydrogen-bond donors (Lipinski definition) is 1. The van der Waals surface area contributed by atoms with Gasteiger partial charge in [0.25, 0.3) is 0 Å². The Morgan fingerprint density at radius 3 is 2.80 bits per heavy atom. The van der Waals surface area contributed by atoms with Gasteiger partial charge in [-0.05, 0) is 20.3 Å². The zero-order valence-corrected chi connectivity index (χ0v) is 9.15. The number of hydrogen-bond acceptors (Lipinski definition) is 5. The Hall–Kier alpha value is -0.490. The summed E-state index contributed by atoms with van der Waals surface area (Å²) in [5.74, 6) is -1.23. The van der Waals surface area contributed by atoms with Crippen molar-refractivity contribution >= 4 is 5.78 Å². The minimum Gasteiger partial charge on any atom is -0.358 e. The molecule has 5 nitrogen and oxygen atoms in total. The summed E-state index contributed by atoms with van der Waals surface area (Å²) in [7, 11) is 1.45. The van der Waals surface area contributed by atoms with E-state index in [0.717, 1.165) is 0 Å². The molecule has 1 aliphatic heterocycles. The van der Waals surface area contributed by atoms with E-state index in [0.29, 0.717) is 12.8 Å². The Balaban J connectivity index is 2.11. The van der Waals surface area contributed by atoms with Crippen LogP contribution in [-0.2, 0) is 19.2 Å². The summed E-state index contributed by atoms with van der Waals surface area (Å²) in [6, 6.07) is 0. The first-order valence-corrected chi connectivity index (χ1v) is 5.05. The summed E-state index contributed by atoms with van der Waals surface area (Å²) in [6.45, 7) is 3.43. The van der Waals surface area contributed by atoms with Crippen molar-refractivity contribution in [3.05, 3.63) is 0 Å². The highest BCUT2D eigenvalue weighted by atomic mass is 17.1. The molecule has 0 aromatic rings. The molecule has 2 fully saturated rings. The monoisotopic (exact) mass is 216 g/mol. The van der Waals surface area contributed by atoms with Gasteiger partial charge in [-0.2, -0.15) is 0 Å². The van der Waals surface area contributed by atoms with Crippen molar-refractivity contribution < 1.29 is 24.4 Å². The highest BCUT2D eigenvalue weighted by Crippen LogP contribution is 2.49. The van der Waals surface area contributed by atoms with Crippen molar-refractivity contribution in [1.82, 2.24) is 0 Å². The first kappa shape index (κ1) is 11.0. The highest BCUT2D eigenvalue weighted by Gasteiger charge is 2.63. The quantitative estimate of drug-likeness (QED) is 0.329. The van der Waals surface area contributed by atoms with Gasteiger partial charge in [0.05, 0.1) is 6.10 Å². The third kappa shape index (κ3) is 1.50. The molecule has 2 aliphatic rings. The van der Waals surface area contributed by atoms with Crippen LogP contribution in [0.2, 0.25) is 0 Å². The van der Waals surface area contributed by atoms with Gasteiger partial charge in [0.15, 0.2) is 5.78 Å².